The first-order valence-electron chi connectivity index (χ1n) is 14.7. The number of unbranched alkanes of at least 4 members (excludes halogenated alkanes) is 1. The van der Waals surface area contributed by atoms with Gasteiger partial charge in [0.15, 0.2) is 0 Å². The van der Waals surface area contributed by atoms with Crippen LogP contribution in [0.3, 0.4) is 0 Å². The molecular weight excluding hydrogens is 492 g/mol. The van der Waals surface area contributed by atoms with E-state index in [4.69, 9.17) is 4.74 Å². The molecule has 1 aromatic carbocycles. The molecule has 2 unspecified atom stereocenters. The van der Waals surface area contributed by atoms with Gasteiger partial charge in [0, 0.05) is 23.8 Å². The van der Waals surface area contributed by atoms with Crippen molar-refractivity contribution in [2.24, 2.45) is 11.8 Å². The molecule has 2 atom stereocenters. The van der Waals surface area contributed by atoms with Crippen LogP contribution >= 0.6 is 11.8 Å². The number of thioether (sulfide) groups is 1. The van der Waals surface area contributed by atoms with E-state index < -0.39 is 0 Å². The van der Waals surface area contributed by atoms with Crippen molar-refractivity contribution in [3.05, 3.63) is 29.3 Å². The van der Waals surface area contributed by atoms with Crippen molar-refractivity contribution >= 4 is 23.6 Å². The van der Waals surface area contributed by atoms with Crippen LogP contribution < -0.4 is 10.1 Å². The molecule has 0 saturated carbocycles. The molecule has 0 aliphatic carbocycles. The fourth-order valence-corrected chi connectivity index (χ4v) is 6.33. The van der Waals surface area contributed by atoms with Crippen molar-refractivity contribution in [3.8, 4) is 5.75 Å². The first-order chi connectivity index (χ1) is 17.7. The van der Waals surface area contributed by atoms with Gasteiger partial charge in [0.1, 0.15) is 11.8 Å². The summed E-state index contributed by atoms with van der Waals surface area (Å²) in [5.74, 6) is 2.06. The Hall–Kier alpha value is -1.69. The van der Waals surface area contributed by atoms with Gasteiger partial charge in [0.05, 0.1) is 12.0 Å². The Labute approximate surface area is 237 Å². The second kappa shape index (κ2) is 14.1. The van der Waals surface area contributed by atoms with E-state index in [9.17, 15) is 9.59 Å². The summed E-state index contributed by atoms with van der Waals surface area (Å²) < 4.78 is 6.29. The van der Waals surface area contributed by atoms with E-state index in [1.54, 1.807) is 11.8 Å². The van der Waals surface area contributed by atoms with Gasteiger partial charge < -0.3 is 15.0 Å². The van der Waals surface area contributed by atoms with Crippen LogP contribution in [0.5, 0.6) is 5.75 Å². The van der Waals surface area contributed by atoms with Crippen LogP contribution in [-0.4, -0.2) is 47.0 Å². The summed E-state index contributed by atoms with van der Waals surface area (Å²) in [5, 5.41) is 3.18. The Bertz CT molecular complexity index is 925. The number of hydrogen-bond donors (Lipinski definition) is 1. The van der Waals surface area contributed by atoms with Crippen molar-refractivity contribution in [1.82, 2.24) is 10.2 Å². The second-order valence-corrected chi connectivity index (χ2v) is 14.1. The third kappa shape index (κ3) is 8.40. The smallest absolute Gasteiger partial charge is 0.243 e. The SMILES string of the molecule is CCC(C)(C)c1ccc(OCCCCNC(=O)C2CSC(CC(C)C)N2C(=O)C(C)C)c(C(C)(C)CC)c1. The highest BCUT2D eigenvalue weighted by atomic mass is 32.2. The van der Waals surface area contributed by atoms with Crippen molar-refractivity contribution in [2.45, 2.75) is 124 Å². The lowest BCUT2D eigenvalue weighted by Crippen LogP contribution is -2.51. The molecule has 216 valence electrons. The molecule has 0 aromatic heterocycles. The lowest BCUT2D eigenvalue weighted by Gasteiger charge is -2.31. The number of rotatable bonds is 14. The summed E-state index contributed by atoms with van der Waals surface area (Å²) in [6.07, 6.45) is 4.74. The van der Waals surface area contributed by atoms with Gasteiger partial charge in [-0.1, -0.05) is 81.4 Å². The van der Waals surface area contributed by atoms with Gasteiger partial charge in [-0.25, -0.2) is 0 Å². The van der Waals surface area contributed by atoms with E-state index in [1.165, 1.54) is 11.1 Å². The average Bonchev–Trinajstić information content (AvgIpc) is 3.27. The summed E-state index contributed by atoms with van der Waals surface area (Å²) in [4.78, 5) is 27.8. The van der Waals surface area contributed by atoms with Gasteiger partial charge in [0.2, 0.25) is 11.8 Å². The number of amides is 2. The fraction of sp³-hybridized carbons (Fsp3) is 0.750. The highest BCUT2D eigenvalue weighted by molar-refractivity contribution is 8.00. The summed E-state index contributed by atoms with van der Waals surface area (Å²) >= 11 is 1.74. The van der Waals surface area contributed by atoms with Gasteiger partial charge in [0.25, 0.3) is 0 Å². The number of nitrogens with zero attached hydrogens (tertiary/aromatic N) is 1. The Kier molecular flexibility index (Phi) is 12.1. The molecule has 2 amide bonds. The molecule has 38 heavy (non-hydrogen) atoms. The molecule has 1 saturated heterocycles. The Balaban J connectivity index is 1.92. The van der Waals surface area contributed by atoms with Crippen LogP contribution in [0.1, 0.15) is 112 Å². The molecule has 0 radical (unpaired) electrons. The molecule has 2 rings (SSSR count). The average molecular weight is 547 g/mol. The molecule has 5 nitrogen and oxygen atoms in total. The molecule has 1 aliphatic heterocycles. The van der Waals surface area contributed by atoms with E-state index in [0.29, 0.717) is 24.8 Å². The highest BCUT2D eigenvalue weighted by Crippen LogP contribution is 2.38. The third-order valence-corrected chi connectivity index (χ3v) is 9.51. The van der Waals surface area contributed by atoms with E-state index in [1.807, 2.05) is 18.7 Å². The summed E-state index contributed by atoms with van der Waals surface area (Å²) in [6, 6.07) is 6.33. The molecule has 1 heterocycles. The molecule has 1 aliphatic rings. The van der Waals surface area contributed by atoms with Crippen molar-refractivity contribution in [3.63, 3.8) is 0 Å². The first kappa shape index (κ1) is 32.5. The quantitative estimate of drug-likeness (QED) is 0.249. The van der Waals surface area contributed by atoms with E-state index in [-0.39, 0.29) is 40.0 Å². The van der Waals surface area contributed by atoms with Gasteiger partial charge in [-0.15, -0.1) is 11.8 Å². The minimum Gasteiger partial charge on any atom is -0.493 e. The fourth-order valence-electron chi connectivity index (χ4n) is 4.68. The van der Waals surface area contributed by atoms with Crippen LogP contribution in [0, 0.1) is 11.8 Å². The number of ether oxygens (including phenoxy) is 1. The lowest BCUT2D eigenvalue weighted by atomic mass is 9.76. The maximum absolute atomic E-state index is 13.0. The van der Waals surface area contributed by atoms with Crippen LogP contribution in [0.15, 0.2) is 18.2 Å². The predicted octanol–water partition coefficient (Wildman–Crippen LogP) is 7.31. The zero-order valence-electron chi connectivity index (χ0n) is 25.8. The molecular formula is C32H54N2O3S. The maximum Gasteiger partial charge on any atom is 0.243 e. The van der Waals surface area contributed by atoms with Crippen molar-refractivity contribution in [1.29, 1.82) is 0 Å². The first-order valence-corrected chi connectivity index (χ1v) is 15.8. The minimum absolute atomic E-state index is 0.0280. The van der Waals surface area contributed by atoms with Gasteiger partial charge in [-0.2, -0.15) is 0 Å². The van der Waals surface area contributed by atoms with Crippen LogP contribution in [-0.2, 0) is 20.4 Å². The number of nitrogens with one attached hydrogen (secondary N) is 1. The number of carbonyl (C=O) groups excluding carboxylic acids is 2. The second-order valence-electron chi connectivity index (χ2n) is 12.9. The lowest BCUT2D eigenvalue weighted by molar-refractivity contribution is -0.142. The van der Waals surface area contributed by atoms with Gasteiger partial charge >= 0.3 is 0 Å². The third-order valence-electron chi connectivity index (χ3n) is 8.20. The molecule has 0 bridgehead atoms. The molecule has 1 N–H and O–H groups in total. The molecule has 1 fully saturated rings. The number of carbonyl (C=O) groups is 2. The minimum atomic E-state index is -0.375. The summed E-state index contributed by atoms with van der Waals surface area (Å²) in [5.41, 5.74) is 2.81. The number of benzene rings is 1. The van der Waals surface area contributed by atoms with Crippen molar-refractivity contribution in [2.75, 3.05) is 18.9 Å². The van der Waals surface area contributed by atoms with Crippen molar-refractivity contribution < 1.29 is 14.3 Å². The Morgan fingerprint density at radius 2 is 1.71 bits per heavy atom. The Morgan fingerprint density at radius 1 is 1.05 bits per heavy atom. The predicted molar refractivity (Wildman–Crippen MR) is 162 cm³/mol. The largest absolute Gasteiger partial charge is 0.493 e. The van der Waals surface area contributed by atoms with E-state index in [0.717, 1.165) is 37.9 Å². The van der Waals surface area contributed by atoms with E-state index >= 15 is 0 Å². The maximum atomic E-state index is 13.0. The summed E-state index contributed by atoms with van der Waals surface area (Å²) in [7, 11) is 0. The Morgan fingerprint density at radius 3 is 2.29 bits per heavy atom. The molecule has 6 heteroatoms. The van der Waals surface area contributed by atoms with Gasteiger partial charge in [-0.3, -0.25) is 9.59 Å². The topological polar surface area (TPSA) is 58.6 Å². The van der Waals surface area contributed by atoms with Crippen LogP contribution in [0.25, 0.3) is 0 Å². The molecule has 0 spiro atoms. The molecule has 1 aromatic rings. The zero-order chi connectivity index (χ0) is 28.7. The zero-order valence-corrected chi connectivity index (χ0v) is 26.6. The van der Waals surface area contributed by atoms with Crippen LogP contribution in [0.4, 0.5) is 0 Å². The summed E-state index contributed by atoms with van der Waals surface area (Å²) in [6.45, 7) is 23.0. The standard InChI is InChI=1S/C32H54N2O3S/c1-11-31(7,8)24-15-16-27(25(20-24)32(9,10)12-2)37-18-14-13-17-33-29(35)26-21-38-28(19-22(3)4)34(26)30(36)23(5)6/h15-16,20,22-23,26,28H,11-14,17-19,21H2,1-10H3,(H,33,35). The van der Waals surface area contributed by atoms with Gasteiger partial charge in [-0.05, 0) is 60.5 Å². The normalized spacial score (nSPS) is 18.4. The van der Waals surface area contributed by atoms with E-state index in [2.05, 4.69) is 78.9 Å². The van der Waals surface area contributed by atoms with Crippen LogP contribution in [0.2, 0.25) is 0 Å². The highest BCUT2D eigenvalue weighted by Gasteiger charge is 2.42. The number of hydrogen-bond acceptors (Lipinski definition) is 4. The monoisotopic (exact) mass is 546 g/mol.